The van der Waals surface area contributed by atoms with Crippen LogP contribution in [0.15, 0.2) is 35.3 Å². The highest BCUT2D eigenvalue weighted by Crippen LogP contribution is 2.25. The minimum absolute atomic E-state index is 0.0846. The zero-order valence-corrected chi connectivity index (χ0v) is 15.1. The Hall–Kier alpha value is -1.56. The van der Waals surface area contributed by atoms with Gasteiger partial charge in [0.1, 0.15) is 5.02 Å². The summed E-state index contributed by atoms with van der Waals surface area (Å²) in [4.78, 5) is 14.6. The number of benzene rings is 1. The van der Waals surface area contributed by atoms with E-state index < -0.39 is 0 Å². The van der Waals surface area contributed by atoms with Crippen molar-refractivity contribution in [2.24, 2.45) is 0 Å². The molecule has 1 saturated heterocycles. The first-order valence-corrected chi connectivity index (χ1v) is 8.60. The minimum atomic E-state index is -0.295. The van der Waals surface area contributed by atoms with Crippen LogP contribution in [-0.2, 0) is 11.3 Å². The maximum Gasteiger partial charge on any atom is 0.287 e. The van der Waals surface area contributed by atoms with Crippen LogP contribution in [0.2, 0.25) is 10.0 Å². The SMILES string of the molecule is C[C@@H]1CN(c2cnn(Cc3ccc(Cl)cc3)c(=O)c2Cl)C[C@@H](C)O1. The van der Waals surface area contributed by atoms with Gasteiger partial charge < -0.3 is 9.64 Å². The zero-order chi connectivity index (χ0) is 17.3. The van der Waals surface area contributed by atoms with Crippen LogP contribution in [0, 0.1) is 0 Å². The number of nitrogens with zero attached hydrogens (tertiary/aromatic N) is 3. The molecule has 0 spiro atoms. The smallest absolute Gasteiger partial charge is 0.287 e. The molecule has 5 nitrogen and oxygen atoms in total. The molecule has 0 bridgehead atoms. The summed E-state index contributed by atoms with van der Waals surface area (Å²) in [6.45, 7) is 5.74. The van der Waals surface area contributed by atoms with Crippen LogP contribution in [0.5, 0.6) is 0 Å². The number of aromatic nitrogens is 2. The van der Waals surface area contributed by atoms with Gasteiger partial charge in [0.2, 0.25) is 0 Å². The molecule has 2 atom stereocenters. The van der Waals surface area contributed by atoms with Gasteiger partial charge in [0, 0.05) is 18.1 Å². The van der Waals surface area contributed by atoms with Crippen molar-refractivity contribution in [2.75, 3.05) is 18.0 Å². The molecule has 2 heterocycles. The standard InChI is InChI=1S/C17H19Cl2N3O2/c1-11-8-21(9-12(2)24-11)15-7-20-22(17(23)16(15)19)10-13-3-5-14(18)6-4-13/h3-7,11-12H,8-10H2,1-2H3/t11-,12-/m1/s1. The summed E-state index contributed by atoms with van der Waals surface area (Å²) < 4.78 is 7.08. The summed E-state index contributed by atoms with van der Waals surface area (Å²) in [6, 6.07) is 7.30. The fourth-order valence-corrected chi connectivity index (χ4v) is 3.32. The van der Waals surface area contributed by atoms with E-state index in [-0.39, 0.29) is 22.8 Å². The third kappa shape index (κ3) is 3.74. The Kier molecular flexibility index (Phi) is 5.13. The highest BCUT2D eigenvalue weighted by atomic mass is 35.5. The van der Waals surface area contributed by atoms with Crippen LogP contribution in [0.4, 0.5) is 5.69 Å². The highest BCUT2D eigenvalue weighted by Gasteiger charge is 2.25. The van der Waals surface area contributed by atoms with Crippen molar-refractivity contribution in [2.45, 2.75) is 32.6 Å². The molecular weight excluding hydrogens is 349 g/mol. The van der Waals surface area contributed by atoms with Crippen LogP contribution < -0.4 is 10.5 Å². The average Bonchev–Trinajstić information content (AvgIpc) is 2.53. The molecule has 24 heavy (non-hydrogen) atoms. The van der Waals surface area contributed by atoms with Gasteiger partial charge in [-0.05, 0) is 31.5 Å². The monoisotopic (exact) mass is 367 g/mol. The fourth-order valence-electron chi connectivity index (χ4n) is 2.93. The van der Waals surface area contributed by atoms with Crippen LogP contribution in [0.3, 0.4) is 0 Å². The van der Waals surface area contributed by atoms with E-state index in [4.69, 9.17) is 27.9 Å². The predicted octanol–water partition coefficient (Wildman–Crippen LogP) is 3.21. The van der Waals surface area contributed by atoms with Crippen molar-refractivity contribution >= 4 is 28.9 Å². The van der Waals surface area contributed by atoms with Crippen LogP contribution in [0.25, 0.3) is 0 Å². The summed E-state index contributed by atoms with van der Waals surface area (Å²) in [5.41, 5.74) is 1.30. The van der Waals surface area contributed by atoms with E-state index in [9.17, 15) is 4.79 Å². The van der Waals surface area contributed by atoms with Gasteiger partial charge in [-0.2, -0.15) is 5.10 Å². The molecule has 1 aromatic carbocycles. The van der Waals surface area contributed by atoms with Crippen LogP contribution in [0.1, 0.15) is 19.4 Å². The van der Waals surface area contributed by atoms with Gasteiger partial charge in [-0.1, -0.05) is 35.3 Å². The lowest BCUT2D eigenvalue weighted by molar-refractivity contribution is -0.00524. The first-order valence-electron chi connectivity index (χ1n) is 7.84. The normalized spacial score (nSPS) is 21.1. The zero-order valence-electron chi connectivity index (χ0n) is 13.6. The number of ether oxygens (including phenoxy) is 1. The molecule has 3 rings (SSSR count). The van der Waals surface area contributed by atoms with E-state index >= 15 is 0 Å². The van der Waals surface area contributed by atoms with Crippen molar-refractivity contribution in [3.63, 3.8) is 0 Å². The summed E-state index contributed by atoms with van der Waals surface area (Å²) in [6.07, 6.45) is 1.83. The van der Waals surface area contributed by atoms with Crippen molar-refractivity contribution in [1.82, 2.24) is 9.78 Å². The fraction of sp³-hybridized carbons (Fsp3) is 0.412. The number of hydrogen-bond acceptors (Lipinski definition) is 4. The van der Waals surface area contributed by atoms with Crippen LogP contribution in [-0.4, -0.2) is 35.1 Å². The lowest BCUT2D eigenvalue weighted by Gasteiger charge is -2.36. The molecule has 1 aliphatic heterocycles. The van der Waals surface area contributed by atoms with E-state index in [1.807, 2.05) is 26.0 Å². The first-order chi connectivity index (χ1) is 11.4. The maximum absolute atomic E-state index is 12.6. The molecule has 7 heteroatoms. The molecular formula is C17H19Cl2N3O2. The first kappa shape index (κ1) is 17.3. The lowest BCUT2D eigenvalue weighted by atomic mass is 10.2. The molecule has 0 radical (unpaired) electrons. The summed E-state index contributed by atoms with van der Waals surface area (Å²) in [7, 11) is 0. The van der Waals surface area contributed by atoms with E-state index in [1.165, 1.54) is 4.68 Å². The third-order valence-electron chi connectivity index (χ3n) is 3.97. The average molecular weight is 368 g/mol. The molecule has 0 amide bonds. The Labute approximate surface area is 150 Å². The second kappa shape index (κ2) is 7.13. The predicted molar refractivity (Wildman–Crippen MR) is 96.3 cm³/mol. The van der Waals surface area contributed by atoms with Gasteiger partial charge >= 0.3 is 0 Å². The topological polar surface area (TPSA) is 47.4 Å². The maximum atomic E-state index is 12.6. The molecule has 0 aliphatic carbocycles. The molecule has 128 valence electrons. The van der Waals surface area contributed by atoms with E-state index in [2.05, 4.69) is 10.00 Å². The number of hydrogen-bond donors (Lipinski definition) is 0. The molecule has 1 aliphatic rings. The van der Waals surface area contributed by atoms with Crippen molar-refractivity contribution in [1.29, 1.82) is 0 Å². The number of anilines is 1. The van der Waals surface area contributed by atoms with E-state index in [0.29, 0.717) is 30.3 Å². The Bertz CT molecular complexity index is 766. The molecule has 0 unspecified atom stereocenters. The minimum Gasteiger partial charge on any atom is -0.372 e. The second-order valence-corrected chi connectivity index (χ2v) is 6.91. The van der Waals surface area contributed by atoms with Crippen molar-refractivity contribution < 1.29 is 4.74 Å². The van der Waals surface area contributed by atoms with Gasteiger partial charge in [0.05, 0.1) is 30.6 Å². The Morgan fingerprint density at radius 1 is 1.17 bits per heavy atom. The largest absolute Gasteiger partial charge is 0.372 e. The van der Waals surface area contributed by atoms with Crippen LogP contribution >= 0.6 is 23.2 Å². The molecule has 0 saturated carbocycles. The van der Waals surface area contributed by atoms with Gasteiger partial charge in [0.25, 0.3) is 5.56 Å². The molecule has 0 N–H and O–H groups in total. The highest BCUT2D eigenvalue weighted by molar-refractivity contribution is 6.33. The van der Waals surface area contributed by atoms with Gasteiger partial charge in [-0.3, -0.25) is 4.79 Å². The van der Waals surface area contributed by atoms with Gasteiger partial charge in [0.15, 0.2) is 0 Å². The Morgan fingerprint density at radius 2 is 1.79 bits per heavy atom. The summed E-state index contributed by atoms with van der Waals surface area (Å²) >= 11 is 12.2. The van der Waals surface area contributed by atoms with E-state index in [0.717, 1.165) is 5.56 Å². The Balaban J connectivity index is 1.86. The number of halogens is 2. The van der Waals surface area contributed by atoms with Crippen molar-refractivity contribution in [3.05, 3.63) is 56.4 Å². The molecule has 1 aromatic heterocycles. The summed E-state index contributed by atoms with van der Waals surface area (Å²) in [5, 5.41) is 5.14. The van der Waals surface area contributed by atoms with Crippen molar-refractivity contribution in [3.8, 4) is 0 Å². The van der Waals surface area contributed by atoms with Gasteiger partial charge in [-0.15, -0.1) is 0 Å². The molecule has 1 fully saturated rings. The quantitative estimate of drug-likeness (QED) is 0.835. The third-order valence-corrected chi connectivity index (χ3v) is 4.58. The second-order valence-electron chi connectivity index (χ2n) is 6.10. The number of rotatable bonds is 3. The summed E-state index contributed by atoms with van der Waals surface area (Å²) in [5.74, 6) is 0. The number of morpholine rings is 1. The van der Waals surface area contributed by atoms with E-state index in [1.54, 1.807) is 18.3 Å². The molecule has 2 aromatic rings. The van der Waals surface area contributed by atoms with Gasteiger partial charge in [-0.25, -0.2) is 4.68 Å². The lowest BCUT2D eigenvalue weighted by Crippen LogP contribution is -2.46. The Morgan fingerprint density at radius 3 is 2.42 bits per heavy atom.